The normalized spacial score (nSPS) is 22.8. The van der Waals surface area contributed by atoms with Gasteiger partial charge < -0.3 is 10.4 Å². The Hall–Kier alpha value is -1.57. The average Bonchev–Trinajstić information content (AvgIpc) is 2.88. The third-order valence-corrected chi connectivity index (χ3v) is 4.37. The number of hydrogen-bond acceptors (Lipinski definition) is 3. The molecular weight excluding hydrogens is 307 g/mol. The van der Waals surface area contributed by atoms with Crippen LogP contribution in [0.4, 0.5) is 13.2 Å². The van der Waals surface area contributed by atoms with Crippen LogP contribution in [-0.2, 0) is 11.0 Å². The van der Waals surface area contributed by atoms with Gasteiger partial charge in [0.15, 0.2) is 0 Å². The van der Waals surface area contributed by atoms with E-state index in [4.69, 9.17) is 5.11 Å². The molecule has 116 valence electrons. The molecule has 0 aromatic carbocycles. The second-order valence-corrected chi connectivity index (χ2v) is 5.80. The number of hydrogen-bond donors (Lipinski definition) is 2. The fourth-order valence-corrected chi connectivity index (χ4v) is 3.28. The summed E-state index contributed by atoms with van der Waals surface area (Å²) in [7, 11) is 0. The average molecular weight is 321 g/mol. The topological polar surface area (TPSA) is 66.4 Å². The minimum atomic E-state index is -4.55. The molecule has 21 heavy (non-hydrogen) atoms. The zero-order valence-electron chi connectivity index (χ0n) is 10.9. The van der Waals surface area contributed by atoms with Gasteiger partial charge in [-0.15, -0.1) is 0 Å². The van der Waals surface area contributed by atoms with Gasteiger partial charge in [0.25, 0.3) is 5.91 Å². The lowest BCUT2D eigenvalue weighted by atomic mass is 9.86. The Balaban J connectivity index is 1.97. The molecular formula is C13H14F3NO3S. The van der Waals surface area contributed by atoms with Crippen molar-refractivity contribution in [1.82, 2.24) is 5.32 Å². The molecule has 0 saturated heterocycles. The van der Waals surface area contributed by atoms with Gasteiger partial charge in [0.2, 0.25) is 0 Å². The lowest BCUT2D eigenvalue weighted by molar-refractivity contribution is -0.143. The van der Waals surface area contributed by atoms with Gasteiger partial charge in [-0.05, 0) is 25.7 Å². The number of amides is 1. The van der Waals surface area contributed by atoms with Gasteiger partial charge in [0, 0.05) is 16.8 Å². The highest BCUT2D eigenvalue weighted by molar-refractivity contribution is 7.08. The maximum Gasteiger partial charge on any atom is 0.417 e. The van der Waals surface area contributed by atoms with Crippen molar-refractivity contribution in [3.05, 3.63) is 21.9 Å². The summed E-state index contributed by atoms with van der Waals surface area (Å²) in [6, 6.07) is -0.269. The fourth-order valence-electron chi connectivity index (χ4n) is 2.44. The first-order chi connectivity index (χ1) is 9.79. The van der Waals surface area contributed by atoms with Gasteiger partial charge in [-0.1, -0.05) is 0 Å². The van der Waals surface area contributed by atoms with Crippen LogP contribution in [0, 0.1) is 5.92 Å². The fraction of sp³-hybridized carbons (Fsp3) is 0.538. The largest absolute Gasteiger partial charge is 0.481 e. The van der Waals surface area contributed by atoms with E-state index < -0.39 is 29.5 Å². The highest BCUT2D eigenvalue weighted by Crippen LogP contribution is 2.34. The van der Waals surface area contributed by atoms with E-state index in [0.717, 1.165) is 16.7 Å². The predicted octanol–water partition coefficient (Wildman–Crippen LogP) is 3.14. The van der Waals surface area contributed by atoms with E-state index in [1.54, 1.807) is 0 Å². The Kier molecular flexibility index (Phi) is 4.55. The van der Waals surface area contributed by atoms with Crippen molar-refractivity contribution in [3.63, 3.8) is 0 Å². The second-order valence-electron chi connectivity index (χ2n) is 5.06. The van der Waals surface area contributed by atoms with Gasteiger partial charge in [-0.25, -0.2) is 0 Å². The summed E-state index contributed by atoms with van der Waals surface area (Å²) in [4.78, 5) is 22.8. The maximum absolute atomic E-state index is 12.7. The van der Waals surface area contributed by atoms with E-state index in [1.165, 1.54) is 5.38 Å². The first kappa shape index (κ1) is 15.8. The number of aliphatic carboxylic acids is 1. The molecule has 1 aliphatic rings. The quantitative estimate of drug-likeness (QED) is 0.899. The Morgan fingerprint density at radius 2 is 1.81 bits per heavy atom. The van der Waals surface area contributed by atoms with Crippen molar-refractivity contribution in [2.24, 2.45) is 5.92 Å². The Bertz CT molecular complexity index is 533. The summed E-state index contributed by atoms with van der Waals surface area (Å²) in [5, 5.41) is 13.5. The van der Waals surface area contributed by atoms with E-state index in [2.05, 4.69) is 5.32 Å². The number of thiophene rings is 1. The molecule has 1 amide bonds. The Morgan fingerprint density at radius 1 is 1.19 bits per heavy atom. The first-order valence-corrected chi connectivity index (χ1v) is 7.40. The summed E-state index contributed by atoms with van der Waals surface area (Å²) >= 11 is 0.829. The van der Waals surface area contributed by atoms with Gasteiger partial charge in [-0.2, -0.15) is 24.5 Å². The molecule has 1 saturated carbocycles. The molecule has 1 aliphatic carbocycles. The molecule has 0 radical (unpaired) electrons. The van der Waals surface area contributed by atoms with Crippen LogP contribution in [0.15, 0.2) is 10.8 Å². The number of carbonyl (C=O) groups excluding carboxylic acids is 1. The van der Waals surface area contributed by atoms with Crippen molar-refractivity contribution in [2.45, 2.75) is 37.9 Å². The smallest absolute Gasteiger partial charge is 0.417 e. The summed E-state index contributed by atoms with van der Waals surface area (Å²) in [6.07, 6.45) is -2.76. The minimum Gasteiger partial charge on any atom is -0.481 e. The second kappa shape index (κ2) is 6.05. The predicted molar refractivity (Wildman–Crippen MR) is 70.2 cm³/mol. The monoisotopic (exact) mass is 321 g/mol. The Labute approximate surface area is 123 Å². The molecule has 8 heteroatoms. The molecule has 1 fully saturated rings. The van der Waals surface area contributed by atoms with Crippen LogP contribution < -0.4 is 5.32 Å². The molecule has 4 nitrogen and oxygen atoms in total. The lowest BCUT2D eigenvalue weighted by Crippen LogP contribution is -2.39. The minimum absolute atomic E-state index is 0.269. The number of nitrogens with one attached hydrogen (secondary N) is 1. The molecule has 0 aliphatic heterocycles. The van der Waals surface area contributed by atoms with Crippen LogP contribution in [0.5, 0.6) is 0 Å². The van der Waals surface area contributed by atoms with Crippen molar-refractivity contribution < 1.29 is 27.9 Å². The molecule has 0 spiro atoms. The van der Waals surface area contributed by atoms with E-state index in [0.29, 0.717) is 25.7 Å². The number of carboxylic acid groups (broad SMARTS) is 1. The lowest BCUT2D eigenvalue weighted by Gasteiger charge is -2.26. The molecule has 1 aromatic rings. The summed E-state index contributed by atoms with van der Waals surface area (Å²) in [5.41, 5.74) is -1.29. The van der Waals surface area contributed by atoms with Crippen LogP contribution in [0.1, 0.15) is 41.6 Å². The molecule has 0 unspecified atom stereocenters. The summed E-state index contributed by atoms with van der Waals surface area (Å²) < 4.78 is 38.2. The van der Waals surface area contributed by atoms with Gasteiger partial charge in [-0.3, -0.25) is 9.59 Å². The SMILES string of the molecule is O=C(NC1CCC(C(=O)O)CC1)c1cscc1C(F)(F)F. The zero-order valence-corrected chi connectivity index (χ0v) is 11.8. The molecule has 0 atom stereocenters. The van der Waals surface area contributed by atoms with Crippen LogP contribution in [0.2, 0.25) is 0 Å². The van der Waals surface area contributed by atoms with Crippen LogP contribution >= 0.6 is 11.3 Å². The number of carboxylic acids is 1. The third kappa shape index (κ3) is 3.75. The highest BCUT2D eigenvalue weighted by atomic mass is 32.1. The third-order valence-electron chi connectivity index (χ3n) is 3.62. The summed E-state index contributed by atoms with van der Waals surface area (Å²) in [6.45, 7) is 0. The Morgan fingerprint density at radius 3 is 2.33 bits per heavy atom. The van der Waals surface area contributed by atoms with Crippen molar-refractivity contribution in [3.8, 4) is 0 Å². The maximum atomic E-state index is 12.7. The summed E-state index contributed by atoms with van der Waals surface area (Å²) in [5.74, 6) is -2.04. The number of alkyl halides is 3. The van der Waals surface area contributed by atoms with E-state index in [-0.39, 0.29) is 11.6 Å². The van der Waals surface area contributed by atoms with Gasteiger partial charge in [0.05, 0.1) is 17.0 Å². The van der Waals surface area contributed by atoms with E-state index in [1.807, 2.05) is 0 Å². The van der Waals surface area contributed by atoms with Crippen molar-refractivity contribution in [2.75, 3.05) is 0 Å². The van der Waals surface area contributed by atoms with Crippen LogP contribution in [0.3, 0.4) is 0 Å². The highest BCUT2D eigenvalue weighted by Gasteiger charge is 2.36. The van der Waals surface area contributed by atoms with E-state index >= 15 is 0 Å². The van der Waals surface area contributed by atoms with Crippen molar-refractivity contribution >= 4 is 23.2 Å². The van der Waals surface area contributed by atoms with Crippen molar-refractivity contribution in [1.29, 1.82) is 0 Å². The van der Waals surface area contributed by atoms with Crippen LogP contribution in [-0.4, -0.2) is 23.0 Å². The van der Waals surface area contributed by atoms with E-state index in [9.17, 15) is 22.8 Å². The number of carbonyl (C=O) groups is 2. The molecule has 1 heterocycles. The number of rotatable bonds is 3. The van der Waals surface area contributed by atoms with Gasteiger partial charge >= 0.3 is 12.1 Å². The first-order valence-electron chi connectivity index (χ1n) is 6.46. The molecule has 1 aromatic heterocycles. The van der Waals surface area contributed by atoms with Crippen LogP contribution in [0.25, 0.3) is 0 Å². The molecule has 2 rings (SSSR count). The van der Waals surface area contributed by atoms with Gasteiger partial charge in [0.1, 0.15) is 0 Å². The zero-order chi connectivity index (χ0) is 15.6. The molecule has 0 bridgehead atoms. The number of halogens is 3. The standard InChI is InChI=1S/C13H14F3NO3S/c14-13(15,16)10-6-21-5-9(10)11(18)17-8-3-1-7(2-4-8)12(19)20/h5-8H,1-4H2,(H,17,18)(H,19,20). The molecule has 2 N–H and O–H groups in total.